The first-order valence-electron chi connectivity index (χ1n) is 5.40. The van der Waals surface area contributed by atoms with Crippen LogP contribution in [0.25, 0.3) is 0 Å². The number of ether oxygens (including phenoxy) is 2. The molecular weight excluding hydrogens is 322 g/mol. The lowest BCUT2D eigenvalue weighted by Gasteiger charge is -2.12. The number of hydrogen-bond donors (Lipinski definition) is 1. The van der Waals surface area contributed by atoms with Crippen LogP contribution in [0.4, 0.5) is 5.69 Å². The van der Waals surface area contributed by atoms with E-state index < -0.39 is 10.0 Å². The SMILES string of the molecule is CCOCCS(=O)(=O)Nc1cc(Br)ccc1OC. The third kappa shape index (κ3) is 4.83. The third-order valence-electron chi connectivity index (χ3n) is 2.13. The van der Waals surface area contributed by atoms with E-state index >= 15 is 0 Å². The molecule has 18 heavy (non-hydrogen) atoms. The summed E-state index contributed by atoms with van der Waals surface area (Å²) in [6.45, 7) is 2.48. The van der Waals surface area contributed by atoms with Gasteiger partial charge in [-0.05, 0) is 25.1 Å². The molecule has 0 saturated heterocycles. The molecule has 0 bridgehead atoms. The van der Waals surface area contributed by atoms with Crippen LogP contribution < -0.4 is 9.46 Å². The molecule has 5 nitrogen and oxygen atoms in total. The lowest BCUT2D eigenvalue weighted by atomic mass is 10.3. The zero-order valence-electron chi connectivity index (χ0n) is 10.3. The van der Waals surface area contributed by atoms with Gasteiger partial charge in [0.1, 0.15) is 5.75 Å². The smallest absolute Gasteiger partial charge is 0.235 e. The first kappa shape index (κ1) is 15.3. The van der Waals surface area contributed by atoms with E-state index in [1.54, 1.807) is 18.2 Å². The lowest BCUT2D eigenvalue weighted by Crippen LogP contribution is -2.20. The molecule has 0 aliphatic rings. The molecule has 1 N–H and O–H groups in total. The van der Waals surface area contributed by atoms with E-state index in [-0.39, 0.29) is 12.4 Å². The van der Waals surface area contributed by atoms with Crippen LogP contribution in [0.2, 0.25) is 0 Å². The Morgan fingerprint density at radius 2 is 2.11 bits per heavy atom. The molecule has 0 amide bonds. The van der Waals surface area contributed by atoms with E-state index in [0.717, 1.165) is 4.47 Å². The van der Waals surface area contributed by atoms with Gasteiger partial charge in [-0.15, -0.1) is 0 Å². The van der Waals surface area contributed by atoms with Crippen molar-refractivity contribution >= 4 is 31.6 Å². The Kier molecular flexibility index (Phi) is 5.90. The molecule has 0 heterocycles. The highest BCUT2D eigenvalue weighted by Gasteiger charge is 2.13. The quantitative estimate of drug-likeness (QED) is 0.775. The predicted octanol–water partition coefficient (Wildman–Crippen LogP) is 2.24. The number of nitrogens with one attached hydrogen (secondary N) is 1. The van der Waals surface area contributed by atoms with E-state index in [2.05, 4.69) is 20.7 Å². The fourth-order valence-corrected chi connectivity index (χ4v) is 2.59. The van der Waals surface area contributed by atoms with Gasteiger partial charge < -0.3 is 9.47 Å². The van der Waals surface area contributed by atoms with Crippen molar-refractivity contribution in [2.75, 3.05) is 30.8 Å². The van der Waals surface area contributed by atoms with Gasteiger partial charge in [-0.3, -0.25) is 4.72 Å². The molecule has 0 radical (unpaired) electrons. The van der Waals surface area contributed by atoms with Crippen LogP contribution in [0.3, 0.4) is 0 Å². The minimum Gasteiger partial charge on any atom is -0.495 e. The number of anilines is 1. The predicted molar refractivity (Wildman–Crippen MR) is 74.6 cm³/mol. The Labute approximate surface area is 116 Å². The van der Waals surface area contributed by atoms with Crippen molar-refractivity contribution in [2.24, 2.45) is 0 Å². The number of methoxy groups -OCH3 is 1. The molecule has 0 saturated carbocycles. The minimum atomic E-state index is -3.43. The van der Waals surface area contributed by atoms with Crippen LogP contribution in [0, 0.1) is 0 Å². The van der Waals surface area contributed by atoms with E-state index in [9.17, 15) is 8.42 Å². The summed E-state index contributed by atoms with van der Waals surface area (Å²) in [5.41, 5.74) is 0.406. The first-order valence-corrected chi connectivity index (χ1v) is 7.85. The topological polar surface area (TPSA) is 64.6 Å². The summed E-state index contributed by atoms with van der Waals surface area (Å²) in [6.07, 6.45) is 0. The number of benzene rings is 1. The second kappa shape index (κ2) is 6.96. The van der Waals surface area contributed by atoms with Crippen LogP contribution in [0.15, 0.2) is 22.7 Å². The summed E-state index contributed by atoms with van der Waals surface area (Å²) in [6, 6.07) is 5.11. The average Bonchev–Trinajstić information content (AvgIpc) is 2.29. The van der Waals surface area contributed by atoms with Crippen molar-refractivity contribution in [3.8, 4) is 5.75 Å². The van der Waals surface area contributed by atoms with Crippen LogP contribution in [0.5, 0.6) is 5.75 Å². The average molecular weight is 338 g/mol. The van der Waals surface area contributed by atoms with Crippen LogP contribution in [0.1, 0.15) is 6.92 Å². The maximum Gasteiger partial charge on any atom is 0.235 e. The molecule has 7 heteroatoms. The summed E-state index contributed by atoms with van der Waals surface area (Å²) in [7, 11) is -1.94. The lowest BCUT2D eigenvalue weighted by molar-refractivity contribution is 0.163. The summed E-state index contributed by atoms with van der Waals surface area (Å²) in [5.74, 6) is 0.384. The Balaban J connectivity index is 2.79. The molecular formula is C11H16BrNO4S. The number of rotatable bonds is 7. The van der Waals surface area contributed by atoms with Crippen LogP contribution >= 0.6 is 15.9 Å². The highest BCUT2D eigenvalue weighted by atomic mass is 79.9. The maximum absolute atomic E-state index is 11.8. The molecule has 0 aliphatic heterocycles. The second-order valence-corrected chi connectivity index (χ2v) is 6.22. The summed E-state index contributed by atoms with van der Waals surface area (Å²) in [5, 5.41) is 0. The highest BCUT2D eigenvalue weighted by Crippen LogP contribution is 2.28. The van der Waals surface area contributed by atoms with Crippen molar-refractivity contribution in [3.05, 3.63) is 22.7 Å². The van der Waals surface area contributed by atoms with Crippen molar-refractivity contribution in [2.45, 2.75) is 6.92 Å². The molecule has 0 fully saturated rings. The highest BCUT2D eigenvalue weighted by molar-refractivity contribution is 9.10. The first-order chi connectivity index (χ1) is 8.48. The van der Waals surface area contributed by atoms with Gasteiger partial charge in [-0.2, -0.15) is 0 Å². The van der Waals surface area contributed by atoms with Crippen LogP contribution in [-0.2, 0) is 14.8 Å². The molecule has 1 aromatic rings. The molecule has 0 aliphatic carbocycles. The van der Waals surface area contributed by atoms with E-state index in [1.165, 1.54) is 7.11 Å². The van der Waals surface area contributed by atoms with Gasteiger partial charge in [-0.25, -0.2) is 8.42 Å². The number of hydrogen-bond acceptors (Lipinski definition) is 4. The molecule has 102 valence electrons. The van der Waals surface area contributed by atoms with Gasteiger partial charge in [0.2, 0.25) is 10.0 Å². The number of halogens is 1. The Bertz CT molecular complexity index is 490. The molecule has 0 spiro atoms. The maximum atomic E-state index is 11.8. The van der Waals surface area contributed by atoms with Crippen molar-refractivity contribution in [1.29, 1.82) is 0 Å². The van der Waals surface area contributed by atoms with E-state index in [0.29, 0.717) is 18.0 Å². The van der Waals surface area contributed by atoms with E-state index in [4.69, 9.17) is 9.47 Å². The summed E-state index contributed by atoms with van der Waals surface area (Å²) in [4.78, 5) is 0. The largest absolute Gasteiger partial charge is 0.495 e. The molecule has 0 atom stereocenters. The molecule has 1 rings (SSSR count). The minimum absolute atomic E-state index is 0.0868. The Hall–Kier alpha value is -0.790. The number of sulfonamides is 1. The zero-order valence-corrected chi connectivity index (χ0v) is 12.7. The fourth-order valence-electron chi connectivity index (χ4n) is 1.29. The van der Waals surface area contributed by atoms with Gasteiger partial charge in [0.25, 0.3) is 0 Å². The summed E-state index contributed by atoms with van der Waals surface area (Å²) >= 11 is 3.28. The van der Waals surface area contributed by atoms with Crippen molar-refractivity contribution in [1.82, 2.24) is 0 Å². The van der Waals surface area contributed by atoms with Crippen molar-refractivity contribution in [3.63, 3.8) is 0 Å². The standard InChI is InChI=1S/C11H16BrNO4S/c1-3-17-6-7-18(14,15)13-10-8-9(12)4-5-11(10)16-2/h4-5,8,13H,3,6-7H2,1-2H3. The zero-order chi connectivity index (χ0) is 13.6. The Morgan fingerprint density at radius 3 is 2.72 bits per heavy atom. The third-order valence-corrected chi connectivity index (χ3v) is 3.86. The second-order valence-electron chi connectivity index (χ2n) is 3.46. The molecule has 0 aromatic heterocycles. The van der Waals surface area contributed by atoms with Crippen LogP contribution in [-0.4, -0.2) is 34.5 Å². The summed E-state index contributed by atoms with van der Waals surface area (Å²) < 4.78 is 36.9. The normalized spacial score (nSPS) is 11.3. The molecule has 1 aromatic carbocycles. The monoisotopic (exact) mass is 337 g/mol. The van der Waals surface area contributed by atoms with E-state index in [1.807, 2.05) is 6.92 Å². The molecule has 0 unspecified atom stereocenters. The van der Waals surface area contributed by atoms with Crippen molar-refractivity contribution < 1.29 is 17.9 Å². The Morgan fingerprint density at radius 1 is 1.39 bits per heavy atom. The van der Waals surface area contributed by atoms with Gasteiger partial charge >= 0.3 is 0 Å². The fraction of sp³-hybridized carbons (Fsp3) is 0.455. The van der Waals surface area contributed by atoms with Gasteiger partial charge in [0.15, 0.2) is 0 Å². The van der Waals surface area contributed by atoms with Gasteiger partial charge in [0.05, 0.1) is 25.2 Å². The van der Waals surface area contributed by atoms with Gasteiger partial charge in [-0.1, -0.05) is 15.9 Å². The van der Waals surface area contributed by atoms with Gasteiger partial charge in [0, 0.05) is 11.1 Å².